The van der Waals surface area contributed by atoms with Crippen LogP contribution in [0.4, 0.5) is 5.69 Å². The number of aromatic amines is 1. The standard InChI is InChI=1S/C53H57N9O2/c1-33-11-9-25-55-47(33)45-15-8-16-46(48-34(2)12-10-26-56-48)62(45)28-27-54-40-30-61(31-40)52(64)38-19-17-36(18-20-38)44-29-42-49(57-32-58-50(42)59-44)41-13-7-14-43(35(41)3)60-51(63)37-21-23-39(24-22-37)53(4,5)6/h7,9-14,17-26,29,32,40,45-46,54H,8,15-16,27-28,30-31H2,1-6H3,(H,60,63)(H,57,58,59)/t45-,46+. The number of benzene rings is 3. The number of pyridine rings is 2. The third-order valence-corrected chi connectivity index (χ3v) is 13.2. The summed E-state index contributed by atoms with van der Waals surface area (Å²) in [6, 6.07) is 32.5. The monoisotopic (exact) mass is 851 g/mol. The van der Waals surface area contributed by atoms with Crippen molar-refractivity contribution < 1.29 is 9.59 Å². The maximum atomic E-state index is 13.6. The van der Waals surface area contributed by atoms with Gasteiger partial charge in [0.1, 0.15) is 12.0 Å². The highest BCUT2D eigenvalue weighted by atomic mass is 16.2. The lowest BCUT2D eigenvalue weighted by molar-refractivity contribution is 0.0527. The van der Waals surface area contributed by atoms with Crippen LogP contribution in [0.2, 0.25) is 0 Å². The molecule has 326 valence electrons. The summed E-state index contributed by atoms with van der Waals surface area (Å²) < 4.78 is 0. The summed E-state index contributed by atoms with van der Waals surface area (Å²) >= 11 is 0. The number of anilines is 1. The van der Waals surface area contributed by atoms with Crippen molar-refractivity contribution in [3.8, 4) is 22.5 Å². The molecule has 2 saturated heterocycles. The average Bonchev–Trinajstić information content (AvgIpc) is 3.73. The highest BCUT2D eigenvalue weighted by molar-refractivity contribution is 6.05. The molecule has 3 aromatic carbocycles. The normalized spacial score (nSPS) is 17.1. The lowest BCUT2D eigenvalue weighted by Gasteiger charge is -2.44. The van der Waals surface area contributed by atoms with E-state index < -0.39 is 0 Å². The smallest absolute Gasteiger partial charge is 0.255 e. The number of nitrogens with zero attached hydrogens (tertiary/aromatic N) is 6. The van der Waals surface area contributed by atoms with E-state index in [0.29, 0.717) is 29.9 Å². The Labute approximate surface area is 375 Å². The molecule has 0 spiro atoms. The molecular formula is C53H57N9O2. The number of hydrogen-bond acceptors (Lipinski definition) is 8. The Balaban J connectivity index is 0.831. The van der Waals surface area contributed by atoms with E-state index in [2.05, 4.69) is 78.3 Å². The fraction of sp³-hybridized carbons (Fsp3) is 0.321. The second-order valence-corrected chi connectivity index (χ2v) is 18.5. The molecule has 2 fully saturated rings. The van der Waals surface area contributed by atoms with Crippen LogP contribution in [0.5, 0.6) is 0 Å². The molecule has 0 bridgehead atoms. The van der Waals surface area contributed by atoms with E-state index in [1.165, 1.54) is 16.7 Å². The summed E-state index contributed by atoms with van der Waals surface area (Å²) in [5.41, 5.74) is 13.0. The molecular weight excluding hydrogens is 795 g/mol. The molecule has 0 unspecified atom stereocenters. The van der Waals surface area contributed by atoms with Gasteiger partial charge in [-0.25, -0.2) is 9.97 Å². The second-order valence-electron chi connectivity index (χ2n) is 18.5. The lowest BCUT2D eigenvalue weighted by Crippen LogP contribution is -2.60. The third kappa shape index (κ3) is 8.70. The zero-order valence-electron chi connectivity index (χ0n) is 37.7. The molecule has 0 radical (unpaired) electrons. The summed E-state index contributed by atoms with van der Waals surface area (Å²) in [5.74, 6) is -0.129. The van der Waals surface area contributed by atoms with E-state index in [1.54, 1.807) is 6.33 Å². The molecule has 11 heteroatoms. The molecule has 2 atom stereocenters. The van der Waals surface area contributed by atoms with Gasteiger partial charge in [-0.15, -0.1) is 0 Å². The van der Waals surface area contributed by atoms with Crippen molar-refractivity contribution in [1.82, 2.24) is 40.0 Å². The van der Waals surface area contributed by atoms with Crippen molar-refractivity contribution in [3.05, 3.63) is 161 Å². The number of carbonyl (C=O) groups is 2. The summed E-state index contributed by atoms with van der Waals surface area (Å²) in [4.78, 5) is 53.9. The van der Waals surface area contributed by atoms with E-state index >= 15 is 0 Å². The van der Waals surface area contributed by atoms with Gasteiger partial charge < -0.3 is 20.5 Å². The van der Waals surface area contributed by atoms with Gasteiger partial charge in [0.05, 0.1) is 29.2 Å². The molecule has 7 aromatic rings. The van der Waals surface area contributed by atoms with E-state index in [-0.39, 0.29) is 35.4 Å². The number of amides is 2. The first-order valence-corrected chi connectivity index (χ1v) is 22.5. The fourth-order valence-electron chi connectivity index (χ4n) is 9.45. The van der Waals surface area contributed by atoms with Crippen molar-refractivity contribution in [3.63, 3.8) is 0 Å². The molecule has 4 aromatic heterocycles. The quantitative estimate of drug-likeness (QED) is 0.117. The molecule has 2 aliphatic rings. The van der Waals surface area contributed by atoms with Crippen LogP contribution in [0, 0.1) is 20.8 Å². The Morgan fingerprint density at radius 3 is 2.06 bits per heavy atom. The molecule has 11 nitrogen and oxygen atoms in total. The Kier molecular flexibility index (Phi) is 12.0. The largest absolute Gasteiger partial charge is 0.339 e. The maximum Gasteiger partial charge on any atom is 0.255 e. The first kappa shape index (κ1) is 42.7. The predicted molar refractivity (Wildman–Crippen MR) is 254 cm³/mol. The van der Waals surface area contributed by atoms with Gasteiger partial charge in [0.25, 0.3) is 11.8 Å². The van der Waals surface area contributed by atoms with Crippen molar-refractivity contribution in [2.45, 2.75) is 84.3 Å². The van der Waals surface area contributed by atoms with Crippen molar-refractivity contribution in [2.75, 3.05) is 31.5 Å². The van der Waals surface area contributed by atoms with Crippen LogP contribution in [-0.2, 0) is 5.41 Å². The van der Waals surface area contributed by atoms with Crippen LogP contribution >= 0.6 is 0 Å². The molecule has 6 heterocycles. The predicted octanol–water partition coefficient (Wildman–Crippen LogP) is 9.94. The van der Waals surface area contributed by atoms with Gasteiger partial charge in [-0.3, -0.25) is 24.5 Å². The molecule has 2 aliphatic heterocycles. The third-order valence-electron chi connectivity index (χ3n) is 13.2. The Morgan fingerprint density at radius 2 is 1.42 bits per heavy atom. The zero-order chi connectivity index (χ0) is 44.5. The van der Waals surface area contributed by atoms with Gasteiger partial charge >= 0.3 is 0 Å². The van der Waals surface area contributed by atoms with Gasteiger partial charge in [0.15, 0.2) is 0 Å². The molecule has 2 amide bonds. The molecule has 9 rings (SSSR count). The van der Waals surface area contributed by atoms with E-state index in [4.69, 9.17) is 15.0 Å². The number of likely N-dealkylation sites (tertiary alicyclic amines) is 2. The molecule has 3 N–H and O–H groups in total. The minimum absolute atomic E-state index is 0.00713. The minimum Gasteiger partial charge on any atom is -0.339 e. The number of aryl methyl sites for hydroxylation is 2. The van der Waals surface area contributed by atoms with Gasteiger partial charge in [-0.1, -0.05) is 69.3 Å². The Morgan fingerprint density at radius 1 is 0.766 bits per heavy atom. The van der Waals surface area contributed by atoms with Gasteiger partial charge in [-0.05, 0) is 122 Å². The van der Waals surface area contributed by atoms with Crippen LogP contribution in [0.25, 0.3) is 33.5 Å². The van der Waals surface area contributed by atoms with E-state index in [0.717, 1.165) is 82.9 Å². The highest BCUT2D eigenvalue weighted by Gasteiger charge is 2.36. The van der Waals surface area contributed by atoms with Crippen molar-refractivity contribution in [2.24, 2.45) is 0 Å². The van der Waals surface area contributed by atoms with Crippen LogP contribution in [0.15, 0.2) is 116 Å². The van der Waals surface area contributed by atoms with Gasteiger partial charge in [-0.2, -0.15) is 0 Å². The van der Waals surface area contributed by atoms with Crippen LogP contribution in [0.3, 0.4) is 0 Å². The van der Waals surface area contributed by atoms with E-state index in [9.17, 15) is 9.59 Å². The number of H-pyrrole nitrogens is 1. The number of carbonyl (C=O) groups excluding carboxylic acids is 2. The molecule has 0 aliphatic carbocycles. The maximum absolute atomic E-state index is 13.6. The van der Waals surface area contributed by atoms with Crippen LogP contribution in [-0.4, -0.2) is 78.8 Å². The summed E-state index contributed by atoms with van der Waals surface area (Å²) in [6.45, 7) is 15.8. The summed E-state index contributed by atoms with van der Waals surface area (Å²) in [6.07, 6.45) is 8.67. The van der Waals surface area contributed by atoms with Gasteiger partial charge in [0.2, 0.25) is 0 Å². The number of rotatable bonds is 11. The number of piperidine rings is 1. The van der Waals surface area contributed by atoms with Crippen LogP contribution in [0.1, 0.15) is 106 Å². The van der Waals surface area contributed by atoms with Crippen molar-refractivity contribution >= 4 is 28.5 Å². The van der Waals surface area contributed by atoms with Crippen molar-refractivity contribution in [1.29, 1.82) is 0 Å². The average molecular weight is 852 g/mol. The Bertz CT molecular complexity index is 2750. The summed E-state index contributed by atoms with van der Waals surface area (Å²) in [5, 5.41) is 7.73. The highest BCUT2D eigenvalue weighted by Crippen LogP contribution is 2.42. The van der Waals surface area contributed by atoms with E-state index in [1.807, 2.05) is 103 Å². The summed E-state index contributed by atoms with van der Waals surface area (Å²) in [7, 11) is 0. The first-order chi connectivity index (χ1) is 30.9. The first-order valence-electron chi connectivity index (χ1n) is 22.5. The number of fused-ring (bicyclic) bond motifs is 1. The Hall–Kier alpha value is -6.56. The number of hydrogen-bond donors (Lipinski definition) is 3. The zero-order valence-corrected chi connectivity index (χ0v) is 37.7. The molecule has 0 saturated carbocycles. The minimum atomic E-state index is -0.163. The number of aromatic nitrogens is 5. The van der Waals surface area contributed by atoms with Gasteiger partial charge in [0, 0.05) is 78.1 Å². The lowest BCUT2D eigenvalue weighted by atomic mass is 9.86. The second kappa shape index (κ2) is 17.9. The number of nitrogens with one attached hydrogen (secondary N) is 3. The molecule has 64 heavy (non-hydrogen) atoms. The SMILES string of the molecule is Cc1cccnc1[C@H]1CCC[C@@H](c2ncccc2C)N1CCNC1CN(C(=O)c2ccc(-c3cc4c(-c5cccc(NC(=O)c6ccc(C(C)(C)C)cc6)c5C)ncnc4[nH]3)cc2)C1. The van der Waals surface area contributed by atoms with Crippen LogP contribution < -0.4 is 10.6 Å². The topological polar surface area (TPSA) is 132 Å². The fourth-order valence-corrected chi connectivity index (χ4v) is 9.45.